The van der Waals surface area contributed by atoms with E-state index in [0.29, 0.717) is 16.8 Å². The fraction of sp³-hybridized carbons (Fsp3) is 0.304. The summed E-state index contributed by atoms with van der Waals surface area (Å²) in [6.45, 7) is 5.66. The fourth-order valence-corrected chi connectivity index (χ4v) is 4.19. The first-order valence-electron chi connectivity index (χ1n) is 10.3. The molecule has 0 bridgehead atoms. The number of aryl methyl sites for hydroxylation is 2. The van der Waals surface area contributed by atoms with Gasteiger partial charge in [-0.25, -0.2) is 4.79 Å². The van der Waals surface area contributed by atoms with Gasteiger partial charge in [0.25, 0.3) is 0 Å². The van der Waals surface area contributed by atoms with Crippen LogP contribution in [0.1, 0.15) is 42.6 Å². The van der Waals surface area contributed by atoms with Crippen LogP contribution in [-0.4, -0.2) is 32.0 Å². The molecule has 4 rings (SSSR count). The van der Waals surface area contributed by atoms with Crippen LogP contribution in [0.4, 0.5) is 10.5 Å². The van der Waals surface area contributed by atoms with Gasteiger partial charge < -0.3 is 5.32 Å². The van der Waals surface area contributed by atoms with Crippen LogP contribution in [0.5, 0.6) is 0 Å². The Bertz CT molecular complexity index is 1110. The lowest BCUT2D eigenvalue weighted by molar-refractivity contribution is -0.119. The largest absolute Gasteiger partial charge is 0.325 e. The minimum Gasteiger partial charge on any atom is -0.307 e. The average molecular weight is 436 g/mol. The van der Waals surface area contributed by atoms with Gasteiger partial charge in [-0.15, -0.1) is 10.2 Å². The van der Waals surface area contributed by atoms with Crippen molar-refractivity contribution in [2.24, 2.45) is 0 Å². The summed E-state index contributed by atoms with van der Waals surface area (Å²) in [6.07, 6.45) is 2.20. The van der Waals surface area contributed by atoms with Crippen LogP contribution in [-0.2, 0) is 4.79 Å². The molecule has 1 unspecified atom stereocenters. The van der Waals surface area contributed by atoms with Crippen LogP contribution >= 0.6 is 11.8 Å². The maximum Gasteiger partial charge on any atom is 0.325 e. The van der Waals surface area contributed by atoms with Crippen molar-refractivity contribution in [3.05, 3.63) is 65.5 Å². The number of hydrogen-bond acceptors (Lipinski definition) is 5. The molecule has 1 aromatic heterocycles. The van der Waals surface area contributed by atoms with Gasteiger partial charge in [-0.3, -0.25) is 14.7 Å². The monoisotopic (exact) mass is 435 g/mol. The van der Waals surface area contributed by atoms with Crippen LogP contribution in [0.3, 0.4) is 0 Å². The number of benzene rings is 2. The maximum atomic E-state index is 12.6. The standard InChI is InChI=1S/C23H25N5O2S/c1-14-9-12-19(15(2)13-14)24-22(30)25-21(29)16(3)31-23-27-26-20(17-10-11-17)28(23)18-7-5-4-6-8-18/h4-9,12-13,16-17H,10-11H2,1-3H3,(H2,24,25,29,30). The predicted octanol–water partition coefficient (Wildman–Crippen LogP) is 4.59. The zero-order valence-corrected chi connectivity index (χ0v) is 18.6. The number of thioether (sulfide) groups is 1. The molecule has 0 spiro atoms. The summed E-state index contributed by atoms with van der Waals surface area (Å²) < 4.78 is 2.02. The van der Waals surface area contributed by atoms with Gasteiger partial charge in [0.1, 0.15) is 5.82 Å². The number of imide groups is 1. The molecule has 3 aromatic rings. The quantitative estimate of drug-likeness (QED) is 0.553. The Morgan fingerprint density at radius 1 is 1.10 bits per heavy atom. The molecule has 1 aliphatic carbocycles. The van der Waals surface area contributed by atoms with Gasteiger partial charge in [-0.2, -0.15) is 0 Å². The third-order valence-electron chi connectivity index (χ3n) is 5.13. The second-order valence-corrected chi connectivity index (χ2v) is 9.12. The van der Waals surface area contributed by atoms with E-state index in [1.165, 1.54) is 11.8 Å². The highest BCUT2D eigenvalue weighted by atomic mass is 32.2. The minimum absolute atomic E-state index is 0.386. The lowest BCUT2D eigenvalue weighted by Crippen LogP contribution is -2.39. The molecule has 160 valence electrons. The van der Waals surface area contributed by atoms with Crippen LogP contribution in [0.15, 0.2) is 53.7 Å². The molecule has 2 N–H and O–H groups in total. The first-order chi connectivity index (χ1) is 14.9. The van der Waals surface area contributed by atoms with Crippen LogP contribution in [0.25, 0.3) is 5.69 Å². The third-order valence-corrected chi connectivity index (χ3v) is 6.18. The molecule has 1 atom stereocenters. The number of para-hydroxylation sites is 1. The van der Waals surface area contributed by atoms with Crippen molar-refractivity contribution < 1.29 is 9.59 Å². The van der Waals surface area contributed by atoms with Gasteiger partial charge in [0, 0.05) is 17.3 Å². The van der Waals surface area contributed by atoms with Crippen LogP contribution in [0, 0.1) is 13.8 Å². The molecule has 2 aromatic carbocycles. The predicted molar refractivity (Wildman–Crippen MR) is 122 cm³/mol. The van der Waals surface area contributed by atoms with E-state index in [9.17, 15) is 9.59 Å². The van der Waals surface area contributed by atoms with E-state index in [1.807, 2.05) is 66.9 Å². The molecule has 1 fully saturated rings. The highest BCUT2D eigenvalue weighted by molar-refractivity contribution is 8.00. The average Bonchev–Trinajstić information content (AvgIpc) is 3.51. The Morgan fingerprint density at radius 3 is 2.52 bits per heavy atom. The van der Waals surface area contributed by atoms with E-state index >= 15 is 0 Å². The SMILES string of the molecule is Cc1ccc(NC(=O)NC(=O)C(C)Sc2nnc(C3CC3)n2-c2ccccc2)c(C)c1. The van der Waals surface area contributed by atoms with Crippen molar-refractivity contribution in [1.82, 2.24) is 20.1 Å². The highest BCUT2D eigenvalue weighted by Gasteiger charge is 2.32. The zero-order valence-electron chi connectivity index (χ0n) is 17.8. The molecule has 3 amide bonds. The summed E-state index contributed by atoms with van der Waals surface area (Å²) in [5.41, 5.74) is 3.69. The van der Waals surface area contributed by atoms with Crippen molar-refractivity contribution in [2.75, 3.05) is 5.32 Å². The van der Waals surface area contributed by atoms with Gasteiger partial charge in [-0.1, -0.05) is 47.7 Å². The number of nitrogens with one attached hydrogen (secondary N) is 2. The number of amides is 3. The number of nitrogens with zero attached hydrogens (tertiary/aromatic N) is 3. The summed E-state index contributed by atoms with van der Waals surface area (Å²) in [7, 11) is 0. The van der Waals surface area contributed by atoms with Gasteiger partial charge in [0.15, 0.2) is 5.16 Å². The molecule has 0 saturated heterocycles. The second-order valence-electron chi connectivity index (χ2n) is 7.81. The first-order valence-corrected chi connectivity index (χ1v) is 11.2. The number of urea groups is 1. The van der Waals surface area contributed by atoms with Crippen molar-refractivity contribution in [3.8, 4) is 5.69 Å². The number of carbonyl (C=O) groups is 2. The van der Waals surface area contributed by atoms with Gasteiger partial charge in [0.05, 0.1) is 5.25 Å². The van der Waals surface area contributed by atoms with E-state index in [-0.39, 0.29) is 5.91 Å². The van der Waals surface area contributed by atoms with Crippen molar-refractivity contribution in [1.29, 1.82) is 0 Å². The Hall–Kier alpha value is -3.13. The highest BCUT2D eigenvalue weighted by Crippen LogP contribution is 2.41. The molecule has 1 heterocycles. The third kappa shape index (κ3) is 4.96. The van der Waals surface area contributed by atoms with Crippen molar-refractivity contribution in [2.45, 2.75) is 49.9 Å². The summed E-state index contributed by atoms with van der Waals surface area (Å²) in [5.74, 6) is 0.950. The van der Waals surface area contributed by atoms with Gasteiger partial charge in [0.2, 0.25) is 5.91 Å². The minimum atomic E-state index is -0.549. The molecule has 7 nitrogen and oxygen atoms in total. The van der Waals surface area contributed by atoms with Crippen LogP contribution < -0.4 is 10.6 Å². The lowest BCUT2D eigenvalue weighted by Gasteiger charge is -2.14. The van der Waals surface area contributed by atoms with E-state index in [2.05, 4.69) is 20.8 Å². The molecular formula is C23H25N5O2S. The lowest BCUT2D eigenvalue weighted by atomic mass is 10.1. The van der Waals surface area contributed by atoms with Crippen LogP contribution in [0.2, 0.25) is 0 Å². The smallest absolute Gasteiger partial charge is 0.307 e. The van der Waals surface area contributed by atoms with Crippen molar-refractivity contribution >= 4 is 29.4 Å². The fourth-order valence-electron chi connectivity index (χ4n) is 3.32. The van der Waals surface area contributed by atoms with E-state index < -0.39 is 11.3 Å². The number of hydrogen-bond donors (Lipinski definition) is 2. The molecule has 1 aliphatic rings. The Balaban J connectivity index is 1.44. The normalized spacial score (nSPS) is 14.2. The molecule has 1 saturated carbocycles. The number of carbonyl (C=O) groups excluding carboxylic acids is 2. The summed E-state index contributed by atoms with van der Waals surface area (Å²) in [4.78, 5) is 25.0. The topological polar surface area (TPSA) is 88.9 Å². The molecule has 0 aliphatic heterocycles. The van der Waals surface area contributed by atoms with E-state index in [1.54, 1.807) is 6.92 Å². The van der Waals surface area contributed by atoms with E-state index in [0.717, 1.165) is 35.5 Å². The molecule has 8 heteroatoms. The Labute approximate surface area is 185 Å². The van der Waals surface area contributed by atoms with Gasteiger partial charge in [-0.05, 0) is 57.4 Å². The van der Waals surface area contributed by atoms with E-state index in [4.69, 9.17) is 0 Å². The Morgan fingerprint density at radius 2 is 1.84 bits per heavy atom. The van der Waals surface area contributed by atoms with Gasteiger partial charge >= 0.3 is 6.03 Å². The first kappa shape index (κ1) is 21.1. The number of anilines is 1. The number of rotatable bonds is 6. The molecule has 31 heavy (non-hydrogen) atoms. The second kappa shape index (κ2) is 8.93. The maximum absolute atomic E-state index is 12.6. The number of aromatic nitrogens is 3. The Kier molecular flexibility index (Phi) is 6.08. The summed E-state index contributed by atoms with van der Waals surface area (Å²) >= 11 is 1.29. The zero-order chi connectivity index (χ0) is 22.0. The summed E-state index contributed by atoms with van der Waals surface area (Å²) in [6, 6.07) is 15.1. The van der Waals surface area contributed by atoms with Crippen molar-refractivity contribution in [3.63, 3.8) is 0 Å². The molecule has 0 radical (unpaired) electrons. The summed E-state index contributed by atoms with van der Waals surface area (Å²) in [5, 5.41) is 14.0. The molecular weight excluding hydrogens is 410 g/mol.